The van der Waals surface area contributed by atoms with Crippen molar-refractivity contribution in [3.63, 3.8) is 0 Å². The van der Waals surface area contributed by atoms with Crippen molar-refractivity contribution in [2.75, 3.05) is 23.5 Å². The topological polar surface area (TPSA) is 96.5 Å². The van der Waals surface area contributed by atoms with Crippen molar-refractivity contribution < 1.29 is 18.5 Å². The lowest BCUT2D eigenvalue weighted by atomic mass is 10.2. The van der Waals surface area contributed by atoms with Gasteiger partial charge in [-0.25, -0.2) is 4.79 Å². The molecular weight excluding hydrogens is 350 g/mol. The van der Waals surface area contributed by atoms with Crippen molar-refractivity contribution in [2.24, 2.45) is 0 Å². The van der Waals surface area contributed by atoms with Gasteiger partial charge in [-0.05, 0) is 36.8 Å². The Morgan fingerprint density at radius 2 is 1.96 bits per heavy atom. The van der Waals surface area contributed by atoms with Crippen molar-refractivity contribution in [2.45, 2.75) is 31.6 Å². The molecule has 0 saturated carbocycles. The van der Waals surface area contributed by atoms with Gasteiger partial charge in [0.05, 0.1) is 29.3 Å². The third kappa shape index (κ3) is 6.63. The van der Waals surface area contributed by atoms with Crippen LogP contribution in [0.2, 0.25) is 0 Å². The maximum Gasteiger partial charge on any atom is 0.413 e. The number of hydrogen-bond acceptors (Lipinski definition) is 5. The number of benzene rings is 1. The van der Waals surface area contributed by atoms with E-state index in [1.54, 1.807) is 18.2 Å². The zero-order chi connectivity index (χ0) is 18.1. The predicted octanol–water partition coefficient (Wildman–Crippen LogP) is 2.61. The first-order valence-electron chi connectivity index (χ1n) is 7.33. The van der Waals surface area contributed by atoms with Crippen LogP contribution in [0.3, 0.4) is 0 Å². The Bertz CT molecular complexity index is 650. The zero-order valence-corrected chi connectivity index (χ0v) is 15.4. The Morgan fingerprint density at radius 3 is 2.54 bits per heavy atom. The molecule has 0 aromatic heterocycles. The second kappa shape index (κ2) is 9.99. The molecule has 9 heteroatoms. The number of carbonyl (C=O) groups is 2. The molecule has 24 heavy (non-hydrogen) atoms. The van der Waals surface area contributed by atoms with E-state index < -0.39 is 16.9 Å². The molecule has 7 nitrogen and oxygen atoms in total. The quantitative estimate of drug-likeness (QED) is 0.665. The highest BCUT2D eigenvalue weighted by Gasteiger charge is 2.12. The van der Waals surface area contributed by atoms with Crippen molar-refractivity contribution >= 4 is 51.5 Å². The van der Waals surface area contributed by atoms with Gasteiger partial charge < -0.3 is 15.4 Å². The third-order valence-corrected chi connectivity index (χ3v) is 4.54. The van der Waals surface area contributed by atoms with E-state index in [9.17, 15) is 13.8 Å². The summed E-state index contributed by atoms with van der Waals surface area (Å²) in [5, 5.41) is 7.77. The van der Waals surface area contributed by atoms with Crippen LogP contribution in [0.1, 0.15) is 26.7 Å². The van der Waals surface area contributed by atoms with Gasteiger partial charge in [0.15, 0.2) is 5.11 Å². The highest BCUT2D eigenvalue weighted by molar-refractivity contribution is 7.85. The van der Waals surface area contributed by atoms with Crippen LogP contribution in [0.25, 0.3) is 0 Å². The van der Waals surface area contributed by atoms with E-state index in [1.165, 1.54) is 14.0 Å². The summed E-state index contributed by atoms with van der Waals surface area (Å²) in [5.41, 5.74) is 0.904. The molecule has 2 amide bonds. The van der Waals surface area contributed by atoms with Gasteiger partial charge in [-0.2, -0.15) is 0 Å². The van der Waals surface area contributed by atoms with Gasteiger partial charge in [-0.15, -0.1) is 0 Å². The number of unbranched alkanes of at least 4 members (excludes halogenated alkanes) is 1. The molecule has 0 radical (unpaired) electrons. The Kier molecular flexibility index (Phi) is 8.34. The first kappa shape index (κ1) is 20.0. The average molecular weight is 371 g/mol. The summed E-state index contributed by atoms with van der Waals surface area (Å²) in [7, 11) is 0.0707. The normalized spacial score (nSPS) is 11.3. The minimum atomic E-state index is -1.15. The molecule has 132 valence electrons. The van der Waals surface area contributed by atoms with Crippen LogP contribution in [0, 0.1) is 0 Å². The second-order valence-corrected chi connectivity index (χ2v) is 6.84. The highest BCUT2D eigenvalue weighted by atomic mass is 32.2. The molecule has 1 aromatic rings. The number of thiocarbonyl (C=S) groups is 1. The molecular formula is C15H21N3O4S2. The van der Waals surface area contributed by atoms with Crippen molar-refractivity contribution in [1.82, 2.24) is 5.32 Å². The van der Waals surface area contributed by atoms with Crippen molar-refractivity contribution in [1.29, 1.82) is 0 Å². The molecule has 0 spiro atoms. The minimum absolute atomic E-state index is 0.00458. The van der Waals surface area contributed by atoms with Gasteiger partial charge in [-0.1, -0.05) is 13.3 Å². The molecule has 0 bridgehead atoms. The Labute approximate surface area is 149 Å². The number of amides is 2. The first-order chi connectivity index (χ1) is 11.4. The smallest absolute Gasteiger partial charge is 0.413 e. The first-order valence-corrected chi connectivity index (χ1v) is 9.06. The maximum atomic E-state index is 12.3. The molecule has 1 atom stereocenters. The summed E-state index contributed by atoms with van der Waals surface area (Å²) in [6, 6.07) is 4.98. The number of ether oxygens (including phenoxy) is 1. The van der Waals surface area contributed by atoms with E-state index in [0.29, 0.717) is 22.0 Å². The van der Waals surface area contributed by atoms with Crippen LogP contribution in [0.4, 0.5) is 16.2 Å². The standard InChI is InChI=1S/C15H21N3O4S2/c1-4-5-8-24(21)11-6-7-12(16-10(2)19)13(9-11)17-14(23)18-15(20)22-3/h6-7,9H,4-5,8H2,1-3H3,(H,16,19)(H2,17,18,20,23). The predicted molar refractivity (Wildman–Crippen MR) is 98.7 cm³/mol. The zero-order valence-electron chi connectivity index (χ0n) is 13.8. The number of methoxy groups -OCH3 is 1. The van der Waals surface area contributed by atoms with Crippen LogP contribution in [0.5, 0.6) is 0 Å². The van der Waals surface area contributed by atoms with E-state index in [1.807, 2.05) is 6.92 Å². The molecule has 0 fully saturated rings. The molecule has 1 rings (SSSR count). The van der Waals surface area contributed by atoms with Gasteiger partial charge in [-0.3, -0.25) is 14.3 Å². The Morgan fingerprint density at radius 1 is 1.25 bits per heavy atom. The van der Waals surface area contributed by atoms with Crippen molar-refractivity contribution in [3.05, 3.63) is 18.2 Å². The van der Waals surface area contributed by atoms with Gasteiger partial charge >= 0.3 is 6.09 Å². The van der Waals surface area contributed by atoms with Crippen LogP contribution in [0.15, 0.2) is 23.1 Å². The Balaban J connectivity index is 3.02. The van der Waals surface area contributed by atoms with E-state index in [-0.39, 0.29) is 11.0 Å². The van der Waals surface area contributed by atoms with Crippen molar-refractivity contribution in [3.8, 4) is 0 Å². The molecule has 1 unspecified atom stereocenters. The molecule has 0 heterocycles. The largest absolute Gasteiger partial charge is 0.453 e. The summed E-state index contributed by atoms with van der Waals surface area (Å²) >= 11 is 5.02. The molecule has 0 aliphatic rings. The minimum Gasteiger partial charge on any atom is -0.453 e. The molecule has 0 aliphatic heterocycles. The van der Waals surface area contributed by atoms with E-state index in [2.05, 4.69) is 20.7 Å². The highest BCUT2D eigenvalue weighted by Crippen LogP contribution is 2.25. The van der Waals surface area contributed by atoms with Crippen LogP contribution in [-0.2, 0) is 20.3 Å². The number of carbonyl (C=O) groups excluding carboxylic acids is 2. The monoisotopic (exact) mass is 371 g/mol. The van der Waals surface area contributed by atoms with Gasteiger partial charge in [0, 0.05) is 17.6 Å². The number of rotatable bonds is 6. The Hall–Kier alpha value is -2.00. The third-order valence-electron chi connectivity index (χ3n) is 2.90. The summed E-state index contributed by atoms with van der Waals surface area (Å²) in [6.07, 6.45) is 1.09. The van der Waals surface area contributed by atoms with Gasteiger partial charge in [0.1, 0.15) is 0 Å². The fraction of sp³-hybridized carbons (Fsp3) is 0.400. The van der Waals surface area contributed by atoms with Gasteiger partial charge in [0.2, 0.25) is 5.91 Å². The second-order valence-electron chi connectivity index (χ2n) is 4.86. The molecule has 1 aromatic carbocycles. The lowest BCUT2D eigenvalue weighted by Gasteiger charge is -2.15. The lowest BCUT2D eigenvalue weighted by Crippen LogP contribution is -2.34. The fourth-order valence-corrected chi connectivity index (χ4v) is 3.21. The molecule has 0 saturated heterocycles. The summed E-state index contributed by atoms with van der Waals surface area (Å²) in [5.74, 6) is 0.296. The maximum absolute atomic E-state index is 12.3. The molecule has 3 N–H and O–H groups in total. The number of anilines is 2. The fourth-order valence-electron chi connectivity index (χ4n) is 1.76. The number of hydrogen-bond donors (Lipinski definition) is 3. The van der Waals surface area contributed by atoms with E-state index in [4.69, 9.17) is 12.2 Å². The average Bonchev–Trinajstić information content (AvgIpc) is 2.53. The number of nitrogens with one attached hydrogen (secondary N) is 3. The van der Waals surface area contributed by atoms with Crippen LogP contribution >= 0.6 is 12.2 Å². The number of alkyl carbamates (subject to hydrolysis) is 1. The lowest BCUT2D eigenvalue weighted by molar-refractivity contribution is -0.114. The summed E-state index contributed by atoms with van der Waals surface area (Å²) in [6.45, 7) is 3.41. The van der Waals surface area contributed by atoms with Gasteiger partial charge in [0.25, 0.3) is 0 Å². The summed E-state index contributed by atoms with van der Waals surface area (Å²) < 4.78 is 16.7. The molecule has 0 aliphatic carbocycles. The van der Waals surface area contributed by atoms with Crippen LogP contribution < -0.4 is 16.0 Å². The van der Waals surface area contributed by atoms with Crippen LogP contribution in [-0.4, -0.2) is 34.2 Å². The van der Waals surface area contributed by atoms with E-state index in [0.717, 1.165) is 12.8 Å². The summed E-state index contributed by atoms with van der Waals surface area (Å²) in [4.78, 5) is 23.1. The van der Waals surface area contributed by atoms with E-state index >= 15 is 0 Å². The SMILES string of the molecule is CCCCS(=O)c1ccc(NC(C)=O)c(NC(=S)NC(=O)OC)c1.